The number of para-hydroxylation sites is 1. The van der Waals surface area contributed by atoms with Gasteiger partial charge in [-0.1, -0.05) is 24.3 Å². The predicted molar refractivity (Wildman–Crippen MR) is 90.6 cm³/mol. The molecule has 3 aromatic rings. The number of hydrogen-bond donors (Lipinski definition) is 2. The summed E-state index contributed by atoms with van der Waals surface area (Å²) in [4.78, 5) is 19.5. The van der Waals surface area contributed by atoms with Crippen LogP contribution in [0, 0.1) is 0 Å². The van der Waals surface area contributed by atoms with Crippen LogP contribution in [0.1, 0.15) is 24.4 Å². The molecule has 1 aromatic heterocycles. The molecule has 0 bridgehead atoms. The maximum absolute atomic E-state index is 12.1. The predicted octanol–water partition coefficient (Wildman–Crippen LogP) is 2.78. The van der Waals surface area contributed by atoms with Crippen molar-refractivity contribution < 1.29 is 4.74 Å². The average Bonchev–Trinajstić information content (AvgIpc) is 2.60. The maximum Gasteiger partial charge on any atom is 0.258 e. The van der Waals surface area contributed by atoms with E-state index >= 15 is 0 Å². The van der Waals surface area contributed by atoms with E-state index in [0.29, 0.717) is 23.3 Å². The van der Waals surface area contributed by atoms with Crippen LogP contribution in [-0.4, -0.2) is 17.1 Å². The summed E-state index contributed by atoms with van der Waals surface area (Å²) in [5, 5.41) is 3.98. The van der Waals surface area contributed by atoms with Crippen molar-refractivity contribution in [1.29, 1.82) is 0 Å². The lowest BCUT2D eigenvalue weighted by Crippen LogP contribution is -2.23. The van der Waals surface area contributed by atoms with Gasteiger partial charge in [-0.3, -0.25) is 4.79 Å². The molecule has 118 valence electrons. The molecule has 23 heavy (non-hydrogen) atoms. The van der Waals surface area contributed by atoms with Gasteiger partial charge in [-0.25, -0.2) is 4.98 Å². The van der Waals surface area contributed by atoms with Crippen LogP contribution < -0.4 is 15.6 Å². The number of aromatic nitrogens is 2. The van der Waals surface area contributed by atoms with E-state index in [1.165, 1.54) is 0 Å². The molecule has 2 aromatic carbocycles. The summed E-state index contributed by atoms with van der Waals surface area (Å²) < 4.78 is 5.15. The van der Waals surface area contributed by atoms with Gasteiger partial charge < -0.3 is 15.0 Å². The van der Waals surface area contributed by atoms with E-state index in [2.05, 4.69) is 15.3 Å². The maximum atomic E-state index is 12.1. The molecule has 0 spiro atoms. The second-order valence-corrected chi connectivity index (χ2v) is 5.42. The molecule has 5 heteroatoms. The molecule has 0 fully saturated rings. The van der Waals surface area contributed by atoms with E-state index < -0.39 is 0 Å². The van der Waals surface area contributed by atoms with Gasteiger partial charge in [0.05, 0.1) is 24.1 Å². The largest absolute Gasteiger partial charge is 0.497 e. The van der Waals surface area contributed by atoms with E-state index in [9.17, 15) is 4.79 Å². The topological polar surface area (TPSA) is 67.0 Å². The Bertz CT molecular complexity index is 856. The van der Waals surface area contributed by atoms with Gasteiger partial charge in [-0.15, -0.1) is 0 Å². The minimum atomic E-state index is -0.108. The molecule has 0 aliphatic rings. The lowest BCUT2D eigenvalue weighted by atomic mass is 10.2. The van der Waals surface area contributed by atoms with Gasteiger partial charge >= 0.3 is 0 Å². The van der Waals surface area contributed by atoms with E-state index in [-0.39, 0.29) is 11.6 Å². The highest BCUT2D eigenvalue weighted by Gasteiger charge is 2.10. The van der Waals surface area contributed by atoms with Crippen molar-refractivity contribution in [2.24, 2.45) is 0 Å². The van der Waals surface area contributed by atoms with E-state index in [1.807, 2.05) is 49.4 Å². The Balaban J connectivity index is 1.75. The van der Waals surface area contributed by atoms with E-state index in [4.69, 9.17) is 4.74 Å². The molecule has 0 unspecified atom stereocenters. The van der Waals surface area contributed by atoms with Gasteiger partial charge in [0.1, 0.15) is 11.6 Å². The molecule has 0 saturated carbocycles. The second-order valence-electron chi connectivity index (χ2n) is 5.42. The fourth-order valence-electron chi connectivity index (χ4n) is 2.42. The van der Waals surface area contributed by atoms with Crippen LogP contribution in [0.5, 0.6) is 5.75 Å². The van der Waals surface area contributed by atoms with E-state index in [0.717, 1.165) is 11.3 Å². The fourth-order valence-corrected chi connectivity index (χ4v) is 2.42. The fraction of sp³-hybridized carbons (Fsp3) is 0.222. The lowest BCUT2D eigenvalue weighted by Gasteiger charge is -2.14. The third kappa shape index (κ3) is 3.40. The molecule has 0 saturated heterocycles. The molecule has 0 radical (unpaired) electrons. The van der Waals surface area contributed by atoms with Gasteiger partial charge in [0, 0.05) is 6.54 Å². The van der Waals surface area contributed by atoms with Crippen molar-refractivity contribution in [2.75, 3.05) is 7.11 Å². The number of nitrogens with zero attached hydrogens (tertiary/aromatic N) is 1. The zero-order chi connectivity index (χ0) is 16.2. The summed E-state index contributed by atoms with van der Waals surface area (Å²) in [6.45, 7) is 2.66. The molecule has 1 heterocycles. The molecule has 2 N–H and O–H groups in total. The molecule has 0 aliphatic heterocycles. The third-order valence-corrected chi connectivity index (χ3v) is 3.81. The van der Waals surface area contributed by atoms with Crippen molar-refractivity contribution in [3.05, 3.63) is 70.3 Å². The van der Waals surface area contributed by atoms with Gasteiger partial charge in [0.15, 0.2) is 0 Å². The Morgan fingerprint density at radius 1 is 1.17 bits per heavy atom. The molecule has 0 amide bonds. The summed E-state index contributed by atoms with van der Waals surface area (Å²) in [6, 6.07) is 15.2. The van der Waals surface area contributed by atoms with Crippen LogP contribution >= 0.6 is 0 Å². The van der Waals surface area contributed by atoms with Crippen LogP contribution in [0.15, 0.2) is 53.3 Å². The third-order valence-electron chi connectivity index (χ3n) is 3.81. The standard InChI is InChI=1S/C18H19N3O2/c1-12(19-11-13-7-9-14(23-2)10-8-13)17-20-16-6-4-3-5-15(16)18(22)21-17/h3-10,12,19H,11H2,1-2H3,(H,20,21,22)/t12-/m0/s1. The molecular weight excluding hydrogens is 290 g/mol. The summed E-state index contributed by atoms with van der Waals surface area (Å²) in [6.07, 6.45) is 0. The first-order chi connectivity index (χ1) is 11.2. The van der Waals surface area contributed by atoms with Gasteiger partial charge in [0.25, 0.3) is 5.56 Å². The molecular formula is C18H19N3O2. The summed E-state index contributed by atoms with van der Waals surface area (Å²) in [5.74, 6) is 1.48. The van der Waals surface area contributed by atoms with Crippen molar-refractivity contribution in [1.82, 2.24) is 15.3 Å². The van der Waals surface area contributed by atoms with Crippen LogP contribution in [0.3, 0.4) is 0 Å². The number of nitrogens with one attached hydrogen (secondary N) is 2. The van der Waals surface area contributed by atoms with Crippen molar-refractivity contribution in [3.8, 4) is 5.75 Å². The first kappa shape index (κ1) is 15.2. The summed E-state index contributed by atoms with van der Waals surface area (Å²) >= 11 is 0. The number of rotatable bonds is 5. The van der Waals surface area contributed by atoms with Gasteiger partial charge in [-0.2, -0.15) is 0 Å². The Kier molecular flexibility index (Phi) is 4.39. The van der Waals surface area contributed by atoms with Crippen LogP contribution in [0.4, 0.5) is 0 Å². The highest BCUT2D eigenvalue weighted by Crippen LogP contribution is 2.14. The highest BCUT2D eigenvalue weighted by molar-refractivity contribution is 5.77. The number of aromatic amines is 1. The van der Waals surface area contributed by atoms with Crippen molar-refractivity contribution in [3.63, 3.8) is 0 Å². The quantitative estimate of drug-likeness (QED) is 0.760. The number of methoxy groups -OCH3 is 1. The van der Waals surface area contributed by atoms with E-state index in [1.54, 1.807) is 13.2 Å². The Hall–Kier alpha value is -2.66. The minimum Gasteiger partial charge on any atom is -0.497 e. The molecule has 3 rings (SSSR count). The van der Waals surface area contributed by atoms with Crippen LogP contribution in [0.2, 0.25) is 0 Å². The smallest absolute Gasteiger partial charge is 0.258 e. The minimum absolute atomic E-state index is 0.0607. The lowest BCUT2D eigenvalue weighted by molar-refractivity contribution is 0.414. The SMILES string of the molecule is COc1ccc(CN[C@@H](C)c2nc3ccccc3c(=O)[nH]2)cc1. The Morgan fingerprint density at radius 2 is 1.91 bits per heavy atom. The van der Waals surface area contributed by atoms with Gasteiger partial charge in [-0.05, 0) is 36.8 Å². The molecule has 5 nitrogen and oxygen atoms in total. The first-order valence-electron chi connectivity index (χ1n) is 7.52. The Labute approximate surface area is 134 Å². The number of hydrogen-bond acceptors (Lipinski definition) is 4. The van der Waals surface area contributed by atoms with Crippen molar-refractivity contribution in [2.45, 2.75) is 19.5 Å². The summed E-state index contributed by atoms with van der Waals surface area (Å²) in [7, 11) is 1.65. The summed E-state index contributed by atoms with van der Waals surface area (Å²) in [5.41, 5.74) is 1.74. The number of ether oxygens (including phenoxy) is 1. The Morgan fingerprint density at radius 3 is 2.65 bits per heavy atom. The number of fused-ring (bicyclic) bond motifs is 1. The van der Waals surface area contributed by atoms with Crippen molar-refractivity contribution >= 4 is 10.9 Å². The second kappa shape index (κ2) is 6.62. The average molecular weight is 309 g/mol. The monoisotopic (exact) mass is 309 g/mol. The van der Waals surface area contributed by atoms with Crippen LogP contribution in [0.25, 0.3) is 10.9 Å². The number of H-pyrrole nitrogens is 1. The first-order valence-corrected chi connectivity index (χ1v) is 7.52. The molecule has 1 atom stereocenters. The van der Waals surface area contributed by atoms with Gasteiger partial charge in [0.2, 0.25) is 0 Å². The molecule has 0 aliphatic carbocycles. The highest BCUT2D eigenvalue weighted by atomic mass is 16.5. The normalized spacial score (nSPS) is 12.3. The number of benzene rings is 2. The zero-order valence-corrected chi connectivity index (χ0v) is 13.2. The zero-order valence-electron chi connectivity index (χ0n) is 13.2. The van der Waals surface area contributed by atoms with Crippen LogP contribution in [-0.2, 0) is 6.54 Å².